The second-order valence-corrected chi connectivity index (χ2v) is 5.33. The zero-order valence-electron chi connectivity index (χ0n) is 11.0. The van der Waals surface area contributed by atoms with E-state index in [0.717, 1.165) is 28.1 Å². The van der Waals surface area contributed by atoms with Crippen molar-refractivity contribution in [1.29, 1.82) is 0 Å². The number of aryl methyl sites for hydroxylation is 1. The number of carbonyl (C=O) groups is 1. The van der Waals surface area contributed by atoms with Crippen LogP contribution in [0.1, 0.15) is 16.1 Å². The van der Waals surface area contributed by atoms with Gasteiger partial charge in [0.25, 0.3) is 0 Å². The summed E-state index contributed by atoms with van der Waals surface area (Å²) in [5, 5.41) is 12.2. The van der Waals surface area contributed by atoms with Crippen LogP contribution in [0, 0.1) is 0 Å². The first kappa shape index (κ1) is 13.1. The van der Waals surface area contributed by atoms with E-state index in [4.69, 9.17) is 5.11 Å². The summed E-state index contributed by atoms with van der Waals surface area (Å²) in [6.45, 7) is 0.717. The average Bonchev–Trinajstić information content (AvgIpc) is 2.90. The van der Waals surface area contributed by atoms with Crippen LogP contribution in [-0.2, 0) is 13.6 Å². The lowest BCUT2D eigenvalue weighted by Crippen LogP contribution is -2.09. The normalized spacial score (nSPS) is 11.6. The molecule has 6 nitrogen and oxygen atoms in total. The van der Waals surface area contributed by atoms with E-state index in [1.54, 1.807) is 18.2 Å². The van der Waals surface area contributed by atoms with Crippen LogP contribution in [0.25, 0.3) is 16.8 Å². The van der Waals surface area contributed by atoms with Gasteiger partial charge in [-0.25, -0.2) is 9.78 Å². The average molecular weight is 337 g/mol. The molecule has 2 N–H and O–H groups in total. The molecular weight excluding hydrogens is 324 g/mol. The fraction of sp³-hybridized carbons (Fsp3) is 0.231. The third-order valence-electron chi connectivity index (χ3n) is 3.37. The highest BCUT2D eigenvalue weighted by atomic mass is 79.9. The van der Waals surface area contributed by atoms with Gasteiger partial charge in [-0.1, -0.05) is 0 Å². The van der Waals surface area contributed by atoms with Crippen molar-refractivity contribution in [3.8, 4) is 0 Å². The van der Waals surface area contributed by atoms with Crippen molar-refractivity contribution >= 4 is 38.7 Å². The standard InChI is InChI=1S/C13H13BrN4O2/c1-15-6-10-11(14)18-9-4-3-7(12(19)20)5-8(9)16-13(18)17(10)2/h3-5,15H,6H2,1-2H3,(H,19,20). The predicted octanol–water partition coefficient (Wildman–Crippen LogP) is 2.01. The van der Waals surface area contributed by atoms with Crippen molar-refractivity contribution in [2.24, 2.45) is 7.05 Å². The molecule has 0 fully saturated rings. The largest absolute Gasteiger partial charge is 0.478 e. The Hall–Kier alpha value is -1.86. The summed E-state index contributed by atoms with van der Waals surface area (Å²) in [5.41, 5.74) is 2.88. The Morgan fingerprint density at radius 1 is 1.50 bits per heavy atom. The van der Waals surface area contributed by atoms with E-state index in [2.05, 4.69) is 26.2 Å². The third-order valence-corrected chi connectivity index (χ3v) is 4.18. The van der Waals surface area contributed by atoms with Crippen LogP contribution >= 0.6 is 15.9 Å². The van der Waals surface area contributed by atoms with Crippen LogP contribution in [0.2, 0.25) is 0 Å². The molecule has 20 heavy (non-hydrogen) atoms. The Kier molecular flexibility index (Phi) is 3.02. The number of imidazole rings is 2. The van der Waals surface area contributed by atoms with Crippen molar-refractivity contribution in [3.05, 3.63) is 34.1 Å². The second-order valence-electron chi connectivity index (χ2n) is 4.58. The predicted molar refractivity (Wildman–Crippen MR) is 79.1 cm³/mol. The van der Waals surface area contributed by atoms with Crippen molar-refractivity contribution in [3.63, 3.8) is 0 Å². The molecule has 0 aliphatic rings. The van der Waals surface area contributed by atoms with Crippen molar-refractivity contribution in [2.45, 2.75) is 6.54 Å². The fourth-order valence-electron chi connectivity index (χ4n) is 2.37. The van der Waals surface area contributed by atoms with Gasteiger partial charge >= 0.3 is 5.97 Å². The smallest absolute Gasteiger partial charge is 0.335 e. The Labute approximate surface area is 123 Å². The first-order chi connectivity index (χ1) is 9.54. The molecular formula is C13H13BrN4O2. The molecule has 0 aliphatic carbocycles. The summed E-state index contributed by atoms with van der Waals surface area (Å²) in [6, 6.07) is 4.97. The minimum absolute atomic E-state index is 0.243. The van der Waals surface area contributed by atoms with Gasteiger partial charge in [-0.2, -0.15) is 0 Å². The molecule has 3 aromatic rings. The number of benzene rings is 1. The molecule has 2 heterocycles. The maximum absolute atomic E-state index is 11.0. The highest BCUT2D eigenvalue weighted by molar-refractivity contribution is 9.10. The Bertz CT molecular complexity index is 834. The number of rotatable bonds is 3. The van der Waals surface area contributed by atoms with E-state index in [1.165, 1.54) is 0 Å². The molecule has 0 radical (unpaired) electrons. The van der Waals surface area contributed by atoms with Gasteiger partial charge < -0.3 is 15.0 Å². The minimum atomic E-state index is -0.945. The molecule has 0 aliphatic heterocycles. The Balaban J connectivity index is 2.34. The van der Waals surface area contributed by atoms with E-state index >= 15 is 0 Å². The minimum Gasteiger partial charge on any atom is -0.478 e. The molecule has 104 valence electrons. The number of hydrogen-bond acceptors (Lipinski definition) is 3. The summed E-state index contributed by atoms with van der Waals surface area (Å²) >= 11 is 3.60. The van der Waals surface area contributed by atoms with E-state index in [0.29, 0.717) is 5.52 Å². The number of carboxylic acid groups (broad SMARTS) is 1. The van der Waals surface area contributed by atoms with Gasteiger partial charge in [0.1, 0.15) is 4.60 Å². The van der Waals surface area contributed by atoms with E-state index in [1.807, 2.05) is 23.1 Å². The number of aromatic carboxylic acids is 1. The molecule has 3 rings (SSSR count). The summed E-state index contributed by atoms with van der Waals surface area (Å²) in [6.07, 6.45) is 0. The first-order valence-corrected chi connectivity index (χ1v) is 6.87. The number of fused-ring (bicyclic) bond motifs is 3. The van der Waals surface area contributed by atoms with Gasteiger partial charge in [-0.05, 0) is 41.2 Å². The molecule has 0 bridgehead atoms. The summed E-state index contributed by atoms with van der Waals surface area (Å²) in [7, 11) is 3.83. The van der Waals surface area contributed by atoms with Gasteiger partial charge in [0.2, 0.25) is 5.78 Å². The van der Waals surface area contributed by atoms with Gasteiger partial charge in [0.05, 0.1) is 22.3 Å². The summed E-state index contributed by atoms with van der Waals surface area (Å²) in [5.74, 6) is -0.168. The SMILES string of the molecule is CNCc1c(Br)n2c3ccc(C(=O)O)cc3nc2n1C. The fourth-order valence-corrected chi connectivity index (χ4v) is 3.12. The van der Waals surface area contributed by atoms with E-state index < -0.39 is 5.97 Å². The number of aromatic nitrogens is 3. The van der Waals surface area contributed by atoms with Crippen LogP contribution in [0.3, 0.4) is 0 Å². The Morgan fingerprint density at radius 3 is 2.90 bits per heavy atom. The van der Waals surface area contributed by atoms with E-state index in [-0.39, 0.29) is 5.56 Å². The van der Waals surface area contributed by atoms with E-state index in [9.17, 15) is 4.79 Å². The van der Waals surface area contributed by atoms with Crippen LogP contribution in [-0.4, -0.2) is 32.1 Å². The molecule has 0 atom stereocenters. The van der Waals surface area contributed by atoms with Crippen molar-refractivity contribution in [1.82, 2.24) is 19.3 Å². The summed E-state index contributed by atoms with van der Waals surface area (Å²) in [4.78, 5) is 15.5. The lowest BCUT2D eigenvalue weighted by atomic mass is 10.2. The van der Waals surface area contributed by atoms with Crippen LogP contribution in [0.15, 0.2) is 22.8 Å². The van der Waals surface area contributed by atoms with Gasteiger partial charge in [-0.15, -0.1) is 0 Å². The number of nitrogens with zero attached hydrogens (tertiary/aromatic N) is 3. The van der Waals surface area contributed by atoms with Crippen molar-refractivity contribution in [2.75, 3.05) is 7.05 Å². The second kappa shape index (κ2) is 4.60. The third kappa shape index (κ3) is 1.74. The molecule has 0 saturated carbocycles. The number of hydrogen-bond donors (Lipinski definition) is 2. The molecule has 2 aromatic heterocycles. The zero-order chi connectivity index (χ0) is 14.4. The molecule has 0 amide bonds. The lowest BCUT2D eigenvalue weighted by Gasteiger charge is -2.02. The van der Waals surface area contributed by atoms with Crippen LogP contribution < -0.4 is 5.32 Å². The van der Waals surface area contributed by atoms with Crippen LogP contribution in [0.5, 0.6) is 0 Å². The van der Waals surface area contributed by atoms with Crippen molar-refractivity contribution < 1.29 is 9.90 Å². The topological polar surface area (TPSA) is 71.6 Å². The number of nitrogens with one attached hydrogen (secondary N) is 1. The lowest BCUT2D eigenvalue weighted by molar-refractivity contribution is 0.0697. The first-order valence-electron chi connectivity index (χ1n) is 6.07. The number of halogens is 1. The highest BCUT2D eigenvalue weighted by Crippen LogP contribution is 2.27. The summed E-state index contributed by atoms with van der Waals surface area (Å²) < 4.78 is 4.89. The molecule has 0 unspecified atom stereocenters. The zero-order valence-corrected chi connectivity index (χ0v) is 12.6. The van der Waals surface area contributed by atoms with Gasteiger partial charge in [0, 0.05) is 13.6 Å². The molecule has 0 spiro atoms. The van der Waals surface area contributed by atoms with Gasteiger partial charge in [-0.3, -0.25) is 4.40 Å². The Morgan fingerprint density at radius 2 is 2.25 bits per heavy atom. The molecule has 7 heteroatoms. The monoisotopic (exact) mass is 336 g/mol. The quantitative estimate of drug-likeness (QED) is 0.767. The molecule has 0 saturated heterocycles. The van der Waals surface area contributed by atoms with Gasteiger partial charge in [0.15, 0.2) is 0 Å². The van der Waals surface area contributed by atoms with Crippen LogP contribution in [0.4, 0.5) is 0 Å². The maximum atomic E-state index is 11.0. The highest BCUT2D eigenvalue weighted by Gasteiger charge is 2.17. The molecule has 1 aromatic carbocycles. The number of carboxylic acids is 1. The maximum Gasteiger partial charge on any atom is 0.335 e.